The summed E-state index contributed by atoms with van der Waals surface area (Å²) in [6, 6.07) is 87.2. The molecule has 1 heterocycles. The van der Waals surface area contributed by atoms with Crippen molar-refractivity contribution in [2.75, 3.05) is 0 Å². The second kappa shape index (κ2) is 15.8. The average Bonchev–Trinajstić information content (AvgIpc) is 3.38. The Morgan fingerprint density at radius 2 is 0.672 bits per heavy atom. The SMILES string of the molecule is c1ccc(-c2nc(-c3ccc(-c4ccc(-c5c6ccccc6c(-c6ccccc6)c6ccc7ccccc7c56)cc4)cc3)cc(-c3ccc(-c4cccc5ccccc45)cc3)n2)cc1. The van der Waals surface area contributed by atoms with Gasteiger partial charge in [0.25, 0.3) is 0 Å². The van der Waals surface area contributed by atoms with Crippen LogP contribution in [0.4, 0.5) is 0 Å². The van der Waals surface area contributed by atoms with Crippen LogP contribution < -0.4 is 0 Å². The van der Waals surface area contributed by atoms with Crippen LogP contribution in [0, 0.1) is 0 Å². The molecule has 0 bridgehead atoms. The number of hydrogen-bond donors (Lipinski definition) is 0. The summed E-state index contributed by atoms with van der Waals surface area (Å²) in [6.07, 6.45) is 0. The van der Waals surface area contributed by atoms with Crippen molar-refractivity contribution in [1.82, 2.24) is 9.97 Å². The van der Waals surface area contributed by atoms with Crippen LogP contribution in [0.3, 0.4) is 0 Å². The van der Waals surface area contributed by atoms with Crippen molar-refractivity contribution in [2.45, 2.75) is 0 Å². The molecule has 0 amide bonds. The number of nitrogens with zero attached hydrogens (tertiary/aromatic N) is 2. The maximum atomic E-state index is 5.13. The van der Waals surface area contributed by atoms with Gasteiger partial charge in [-0.2, -0.15) is 0 Å². The molecule has 298 valence electrons. The highest BCUT2D eigenvalue weighted by atomic mass is 14.9. The molecule has 0 unspecified atom stereocenters. The van der Waals surface area contributed by atoms with E-state index in [1.807, 2.05) is 18.2 Å². The lowest BCUT2D eigenvalue weighted by Crippen LogP contribution is -1.96. The van der Waals surface area contributed by atoms with Crippen molar-refractivity contribution < 1.29 is 0 Å². The standard InChI is InChI=1S/C62H40N2/c1-3-16-48(17-4-1)59-54-23-11-12-24-55(54)60(61-53-22-10-8-15-44(53)38-39-56(59)61)49-36-28-42(29-37-49)41-26-32-46(33-27-41)57-40-58(64-62(63-57)50-18-5-2-6-19-50)47-34-30-45(31-35-47)52-25-13-20-43-14-7-9-21-51(43)52/h1-40H. The number of fused-ring (bicyclic) bond motifs is 5. The highest BCUT2D eigenvalue weighted by molar-refractivity contribution is 6.27. The van der Waals surface area contributed by atoms with Crippen molar-refractivity contribution in [3.05, 3.63) is 243 Å². The second-order valence-corrected chi connectivity index (χ2v) is 16.5. The van der Waals surface area contributed by atoms with Gasteiger partial charge in [0, 0.05) is 16.7 Å². The smallest absolute Gasteiger partial charge is 0.160 e. The zero-order valence-corrected chi connectivity index (χ0v) is 35.0. The lowest BCUT2D eigenvalue weighted by atomic mass is 9.84. The minimum Gasteiger partial charge on any atom is -0.228 e. The van der Waals surface area contributed by atoms with Gasteiger partial charge in [-0.1, -0.05) is 237 Å². The number of benzene rings is 11. The largest absolute Gasteiger partial charge is 0.228 e. The molecule has 0 atom stereocenters. The number of hydrogen-bond acceptors (Lipinski definition) is 2. The third-order valence-electron chi connectivity index (χ3n) is 12.7. The van der Waals surface area contributed by atoms with E-state index in [4.69, 9.17) is 9.97 Å². The van der Waals surface area contributed by atoms with Crippen molar-refractivity contribution in [3.63, 3.8) is 0 Å². The van der Waals surface area contributed by atoms with E-state index in [1.54, 1.807) is 0 Å². The molecule has 1 aromatic heterocycles. The van der Waals surface area contributed by atoms with Gasteiger partial charge in [-0.15, -0.1) is 0 Å². The van der Waals surface area contributed by atoms with Gasteiger partial charge < -0.3 is 0 Å². The molecule has 11 aromatic carbocycles. The number of aromatic nitrogens is 2. The zero-order chi connectivity index (χ0) is 42.4. The van der Waals surface area contributed by atoms with E-state index in [2.05, 4.69) is 224 Å². The minimum absolute atomic E-state index is 0.704. The summed E-state index contributed by atoms with van der Waals surface area (Å²) >= 11 is 0. The Morgan fingerprint density at radius 1 is 0.234 bits per heavy atom. The summed E-state index contributed by atoms with van der Waals surface area (Å²) in [7, 11) is 0. The molecule has 0 fully saturated rings. The average molecular weight is 813 g/mol. The van der Waals surface area contributed by atoms with Crippen LogP contribution in [0.25, 0.3) is 122 Å². The fourth-order valence-electron chi connectivity index (χ4n) is 9.58. The van der Waals surface area contributed by atoms with Gasteiger partial charge >= 0.3 is 0 Å². The van der Waals surface area contributed by atoms with Gasteiger partial charge in [0.1, 0.15) is 0 Å². The maximum Gasteiger partial charge on any atom is 0.160 e. The molecule has 0 saturated heterocycles. The molecule has 0 aliphatic rings. The molecular weight excluding hydrogens is 773 g/mol. The van der Waals surface area contributed by atoms with E-state index < -0.39 is 0 Å². The fraction of sp³-hybridized carbons (Fsp3) is 0. The predicted molar refractivity (Wildman–Crippen MR) is 270 cm³/mol. The van der Waals surface area contributed by atoms with E-state index in [-0.39, 0.29) is 0 Å². The van der Waals surface area contributed by atoms with E-state index >= 15 is 0 Å². The molecule has 12 aromatic rings. The van der Waals surface area contributed by atoms with E-state index in [0.717, 1.165) is 39.2 Å². The third kappa shape index (κ3) is 6.61. The topological polar surface area (TPSA) is 25.8 Å². The first-order chi connectivity index (χ1) is 31.7. The molecule has 0 spiro atoms. The highest BCUT2D eigenvalue weighted by Gasteiger charge is 2.19. The van der Waals surface area contributed by atoms with Crippen LogP contribution in [0.5, 0.6) is 0 Å². The molecule has 12 rings (SSSR count). The van der Waals surface area contributed by atoms with Gasteiger partial charge in [-0.3, -0.25) is 0 Å². The van der Waals surface area contributed by atoms with Gasteiger partial charge in [-0.05, 0) is 93.7 Å². The Morgan fingerprint density at radius 3 is 1.30 bits per heavy atom. The van der Waals surface area contributed by atoms with Crippen LogP contribution in [0.2, 0.25) is 0 Å². The first kappa shape index (κ1) is 37.3. The highest BCUT2D eigenvalue weighted by Crippen LogP contribution is 2.46. The van der Waals surface area contributed by atoms with Gasteiger partial charge in [0.15, 0.2) is 5.82 Å². The first-order valence-electron chi connectivity index (χ1n) is 21.9. The lowest BCUT2D eigenvalue weighted by molar-refractivity contribution is 1.18. The van der Waals surface area contributed by atoms with Gasteiger partial charge in [0.2, 0.25) is 0 Å². The zero-order valence-electron chi connectivity index (χ0n) is 35.0. The summed E-state index contributed by atoms with van der Waals surface area (Å²) in [5, 5.41) is 10.0. The molecule has 0 aliphatic carbocycles. The van der Waals surface area contributed by atoms with Gasteiger partial charge in [-0.25, -0.2) is 9.97 Å². The van der Waals surface area contributed by atoms with Crippen molar-refractivity contribution >= 4 is 43.1 Å². The Hall–Kier alpha value is -8.46. The maximum absolute atomic E-state index is 5.13. The normalized spacial score (nSPS) is 11.4. The van der Waals surface area contributed by atoms with Crippen LogP contribution in [0.1, 0.15) is 0 Å². The molecule has 64 heavy (non-hydrogen) atoms. The molecule has 0 saturated carbocycles. The Balaban J connectivity index is 0.913. The second-order valence-electron chi connectivity index (χ2n) is 16.5. The Labute approximate surface area is 372 Å². The monoisotopic (exact) mass is 812 g/mol. The van der Waals surface area contributed by atoms with Gasteiger partial charge in [0.05, 0.1) is 11.4 Å². The number of rotatable bonds is 7. The molecule has 2 nitrogen and oxygen atoms in total. The molecular formula is C62H40N2. The van der Waals surface area contributed by atoms with E-state index in [9.17, 15) is 0 Å². The third-order valence-corrected chi connectivity index (χ3v) is 12.7. The molecule has 0 aliphatic heterocycles. The predicted octanol–water partition coefficient (Wildman–Crippen LogP) is 16.8. The van der Waals surface area contributed by atoms with Crippen molar-refractivity contribution in [1.29, 1.82) is 0 Å². The van der Waals surface area contributed by atoms with Crippen LogP contribution >= 0.6 is 0 Å². The summed E-state index contributed by atoms with van der Waals surface area (Å²) in [6.45, 7) is 0. The summed E-state index contributed by atoms with van der Waals surface area (Å²) in [5.74, 6) is 0.704. The first-order valence-corrected chi connectivity index (χ1v) is 21.9. The van der Waals surface area contributed by atoms with Crippen LogP contribution in [-0.2, 0) is 0 Å². The summed E-state index contributed by atoms with van der Waals surface area (Å²) in [5.41, 5.74) is 14.5. The minimum atomic E-state index is 0.704. The van der Waals surface area contributed by atoms with Crippen molar-refractivity contribution in [3.8, 4) is 78.4 Å². The van der Waals surface area contributed by atoms with E-state index in [1.165, 1.54) is 76.5 Å². The molecule has 0 N–H and O–H groups in total. The summed E-state index contributed by atoms with van der Waals surface area (Å²) < 4.78 is 0. The van der Waals surface area contributed by atoms with Crippen molar-refractivity contribution in [2.24, 2.45) is 0 Å². The fourth-order valence-corrected chi connectivity index (χ4v) is 9.58. The van der Waals surface area contributed by atoms with Crippen LogP contribution in [0.15, 0.2) is 243 Å². The Kier molecular flexibility index (Phi) is 9.20. The quantitative estimate of drug-likeness (QED) is 0.118. The molecule has 0 radical (unpaired) electrons. The summed E-state index contributed by atoms with van der Waals surface area (Å²) in [4.78, 5) is 10.2. The van der Waals surface area contributed by atoms with E-state index in [0.29, 0.717) is 5.82 Å². The lowest BCUT2D eigenvalue weighted by Gasteiger charge is -2.19. The Bertz CT molecular complexity index is 3660. The van der Waals surface area contributed by atoms with Crippen LogP contribution in [-0.4, -0.2) is 9.97 Å². The molecule has 2 heteroatoms.